The quantitative estimate of drug-likeness (QED) is 0.909. The van der Waals surface area contributed by atoms with Crippen LogP contribution in [0.4, 0.5) is 0 Å². The molecule has 1 aromatic heterocycles. The fourth-order valence-electron chi connectivity index (χ4n) is 3.80. The first kappa shape index (κ1) is 16.9. The Bertz CT molecular complexity index is 568. The average molecular weight is 337 g/mol. The number of hydrogen-bond acceptors (Lipinski definition) is 5. The predicted molar refractivity (Wildman–Crippen MR) is 91.7 cm³/mol. The van der Waals surface area contributed by atoms with Gasteiger partial charge in [-0.3, -0.25) is 4.79 Å². The van der Waals surface area contributed by atoms with Crippen molar-refractivity contribution < 1.29 is 9.90 Å². The third kappa shape index (κ3) is 4.11. The zero-order valence-electron chi connectivity index (χ0n) is 14.2. The molecule has 3 heterocycles. The molecule has 6 heteroatoms. The molecule has 0 saturated carbocycles. The lowest BCUT2D eigenvalue weighted by Gasteiger charge is -2.41. The monoisotopic (exact) mass is 337 g/mol. The molecule has 1 amide bonds. The number of hydrogen-bond donors (Lipinski definition) is 1. The van der Waals surface area contributed by atoms with E-state index in [4.69, 9.17) is 0 Å². The van der Waals surface area contributed by atoms with Crippen molar-refractivity contribution in [3.05, 3.63) is 15.6 Å². The summed E-state index contributed by atoms with van der Waals surface area (Å²) in [6, 6.07) is 0. The molecule has 1 atom stereocenters. The number of rotatable bonds is 4. The highest BCUT2D eigenvalue weighted by atomic mass is 32.1. The van der Waals surface area contributed by atoms with Crippen LogP contribution in [0.15, 0.2) is 0 Å². The molecule has 23 heavy (non-hydrogen) atoms. The van der Waals surface area contributed by atoms with E-state index >= 15 is 0 Å². The number of aryl methyl sites for hydroxylation is 2. The molecule has 1 N–H and O–H groups in total. The highest BCUT2D eigenvalue weighted by Crippen LogP contribution is 2.25. The van der Waals surface area contributed by atoms with Crippen LogP contribution in [0.1, 0.15) is 41.3 Å². The fourth-order valence-corrected chi connectivity index (χ4v) is 4.73. The van der Waals surface area contributed by atoms with Crippen LogP contribution >= 0.6 is 11.3 Å². The second-order valence-electron chi connectivity index (χ2n) is 7.04. The van der Waals surface area contributed by atoms with Crippen molar-refractivity contribution in [1.82, 2.24) is 14.8 Å². The van der Waals surface area contributed by atoms with Crippen molar-refractivity contribution in [2.24, 2.45) is 0 Å². The van der Waals surface area contributed by atoms with E-state index in [9.17, 15) is 9.90 Å². The van der Waals surface area contributed by atoms with Crippen molar-refractivity contribution in [2.75, 3.05) is 32.7 Å². The average Bonchev–Trinajstić information content (AvgIpc) is 3.08. The summed E-state index contributed by atoms with van der Waals surface area (Å²) in [5.74, 6) is 0.122. The van der Waals surface area contributed by atoms with E-state index in [1.54, 1.807) is 11.3 Å². The van der Waals surface area contributed by atoms with Gasteiger partial charge >= 0.3 is 0 Å². The molecule has 0 aliphatic carbocycles. The van der Waals surface area contributed by atoms with Crippen LogP contribution in [0.2, 0.25) is 0 Å². The van der Waals surface area contributed by atoms with Gasteiger partial charge in [0.2, 0.25) is 5.91 Å². The molecule has 0 spiro atoms. The molecule has 0 bridgehead atoms. The largest absolute Gasteiger partial charge is 0.387 e. The van der Waals surface area contributed by atoms with Gasteiger partial charge in [0.15, 0.2) is 0 Å². The molecule has 128 valence electrons. The normalized spacial score (nSPS) is 26.0. The lowest BCUT2D eigenvalue weighted by molar-refractivity contribution is -0.138. The summed E-state index contributed by atoms with van der Waals surface area (Å²) in [5, 5.41) is 11.9. The zero-order chi connectivity index (χ0) is 16.4. The second kappa shape index (κ2) is 6.87. The van der Waals surface area contributed by atoms with Crippen molar-refractivity contribution in [2.45, 2.75) is 51.6 Å². The Morgan fingerprint density at radius 3 is 2.65 bits per heavy atom. The fraction of sp³-hybridized carbons (Fsp3) is 0.765. The van der Waals surface area contributed by atoms with Gasteiger partial charge in [0.05, 0.1) is 29.3 Å². The summed E-state index contributed by atoms with van der Waals surface area (Å²) in [5.41, 5.74) is 0.224. The summed E-state index contributed by atoms with van der Waals surface area (Å²) >= 11 is 1.60. The van der Waals surface area contributed by atoms with Crippen LogP contribution in [-0.4, -0.2) is 64.1 Å². The molecule has 0 unspecified atom stereocenters. The van der Waals surface area contributed by atoms with Crippen molar-refractivity contribution in [3.63, 3.8) is 0 Å². The minimum absolute atomic E-state index is 0.122. The number of aliphatic hydroxyl groups is 1. The Balaban J connectivity index is 1.60. The zero-order valence-corrected chi connectivity index (χ0v) is 15.0. The van der Waals surface area contributed by atoms with Gasteiger partial charge in [-0.1, -0.05) is 0 Å². The van der Waals surface area contributed by atoms with E-state index < -0.39 is 5.60 Å². The highest BCUT2D eigenvalue weighted by Gasteiger charge is 2.37. The smallest absolute Gasteiger partial charge is 0.227 e. The van der Waals surface area contributed by atoms with Gasteiger partial charge in [-0.15, -0.1) is 11.3 Å². The Morgan fingerprint density at radius 2 is 2.00 bits per heavy atom. The van der Waals surface area contributed by atoms with Crippen LogP contribution < -0.4 is 0 Å². The predicted octanol–water partition coefficient (Wildman–Crippen LogP) is 1.75. The molecule has 0 radical (unpaired) electrons. The number of β-amino-alcohol motifs (C(OH)–C–C–N with tert-alkyl or cyclic N) is 1. The third-order valence-electron chi connectivity index (χ3n) is 4.94. The van der Waals surface area contributed by atoms with Crippen LogP contribution in [0.25, 0.3) is 0 Å². The van der Waals surface area contributed by atoms with Crippen LogP contribution in [0.5, 0.6) is 0 Å². The molecule has 3 rings (SSSR count). The third-order valence-corrected chi connectivity index (χ3v) is 6.01. The number of thiazole rings is 1. The van der Waals surface area contributed by atoms with E-state index in [1.165, 1.54) is 12.8 Å². The maximum absolute atomic E-state index is 12.6. The lowest BCUT2D eigenvalue weighted by atomic mass is 9.92. The summed E-state index contributed by atoms with van der Waals surface area (Å²) in [6.07, 6.45) is 4.55. The first-order valence-corrected chi connectivity index (χ1v) is 9.42. The van der Waals surface area contributed by atoms with E-state index in [2.05, 4.69) is 9.88 Å². The molecule has 5 nitrogen and oxygen atoms in total. The van der Waals surface area contributed by atoms with E-state index in [0.717, 1.165) is 48.1 Å². The summed E-state index contributed by atoms with van der Waals surface area (Å²) < 4.78 is 0. The molecule has 0 aromatic carbocycles. The summed E-state index contributed by atoms with van der Waals surface area (Å²) in [6.45, 7) is 8.03. The summed E-state index contributed by atoms with van der Waals surface area (Å²) in [4.78, 5) is 22.3. The summed E-state index contributed by atoms with van der Waals surface area (Å²) in [7, 11) is 0. The Kier molecular flexibility index (Phi) is 5.04. The minimum atomic E-state index is -0.739. The number of amides is 1. The highest BCUT2D eigenvalue weighted by molar-refractivity contribution is 7.11. The van der Waals surface area contributed by atoms with Gasteiger partial charge in [-0.05, 0) is 52.6 Å². The van der Waals surface area contributed by atoms with Crippen molar-refractivity contribution in [3.8, 4) is 0 Å². The van der Waals surface area contributed by atoms with Gasteiger partial charge in [0.1, 0.15) is 0 Å². The molecular formula is C17H27N3O2S. The van der Waals surface area contributed by atoms with Gasteiger partial charge in [0, 0.05) is 18.0 Å². The first-order valence-electron chi connectivity index (χ1n) is 8.61. The van der Waals surface area contributed by atoms with Crippen molar-refractivity contribution >= 4 is 17.2 Å². The van der Waals surface area contributed by atoms with Crippen LogP contribution in [0.3, 0.4) is 0 Å². The molecule has 1 aromatic rings. The van der Waals surface area contributed by atoms with E-state index in [-0.39, 0.29) is 5.91 Å². The number of carbonyl (C=O) groups is 1. The van der Waals surface area contributed by atoms with E-state index in [1.807, 2.05) is 18.7 Å². The molecule has 2 aliphatic rings. The molecule has 2 fully saturated rings. The lowest BCUT2D eigenvalue weighted by Crippen LogP contribution is -2.55. The SMILES string of the molecule is Cc1nc(C)c(CC(=O)N2CCC[C@](O)(CN3CCCC3)C2)s1. The number of piperidine rings is 1. The van der Waals surface area contributed by atoms with Crippen LogP contribution in [0, 0.1) is 13.8 Å². The van der Waals surface area contributed by atoms with E-state index in [0.29, 0.717) is 19.5 Å². The number of carbonyl (C=O) groups excluding carboxylic acids is 1. The number of likely N-dealkylation sites (tertiary alicyclic amines) is 2. The van der Waals surface area contributed by atoms with Gasteiger partial charge < -0.3 is 14.9 Å². The second-order valence-corrected chi connectivity index (χ2v) is 8.33. The Labute approximate surface area is 142 Å². The molecular weight excluding hydrogens is 310 g/mol. The maximum atomic E-state index is 12.6. The van der Waals surface area contributed by atoms with Gasteiger partial charge in [0.25, 0.3) is 0 Å². The minimum Gasteiger partial charge on any atom is -0.387 e. The van der Waals surface area contributed by atoms with Crippen LogP contribution in [-0.2, 0) is 11.2 Å². The molecule has 2 aliphatic heterocycles. The van der Waals surface area contributed by atoms with Gasteiger partial charge in [-0.2, -0.15) is 0 Å². The topological polar surface area (TPSA) is 56.7 Å². The standard InChI is InChI=1S/C17H27N3O2S/c1-13-15(23-14(2)18-13)10-16(21)20-9-5-6-17(22,12-20)11-19-7-3-4-8-19/h22H,3-12H2,1-2H3/t17-/m0/s1. The number of nitrogens with zero attached hydrogens (tertiary/aromatic N) is 3. The Morgan fingerprint density at radius 1 is 1.26 bits per heavy atom. The Hall–Kier alpha value is -0.980. The first-order chi connectivity index (χ1) is 11.0. The van der Waals surface area contributed by atoms with Crippen molar-refractivity contribution in [1.29, 1.82) is 0 Å². The maximum Gasteiger partial charge on any atom is 0.227 e. The van der Waals surface area contributed by atoms with Gasteiger partial charge in [-0.25, -0.2) is 4.98 Å². The number of aromatic nitrogens is 1. The molecule has 2 saturated heterocycles.